The van der Waals surface area contributed by atoms with Crippen LogP contribution in [0.3, 0.4) is 0 Å². The second-order valence-corrected chi connectivity index (χ2v) is 10.1. The second-order valence-electron chi connectivity index (χ2n) is 9.92. The predicted octanol–water partition coefficient (Wildman–Crippen LogP) is 8.00. The molecule has 0 saturated carbocycles. The predicted molar refractivity (Wildman–Crippen MR) is 141 cm³/mol. The molecule has 1 unspecified atom stereocenters. The zero-order chi connectivity index (χ0) is 25.0. The van der Waals surface area contributed by atoms with E-state index in [4.69, 9.17) is 16.5 Å². The monoisotopic (exact) mass is 487 g/mol. The van der Waals surface area contributed by atoms with Crippen molar-refractivity contribution in [1.82, 2.24) is 4.84 Å². The Morgan fingerprint density at radius 2 is 1.71 bits per heavy atom. The van der Waals surface area contributed by atoms with Gasteiger partial charge in [-0.25, -0.2) is 0 Å². The average molecular weight is 488 g/mol. The number of amides is 1. The maximum atomic E-state index is 13.2. The molecule has 0 bridgehead atoms. The zero-order valence-electron chi connectivity index (χ0n) is 21.1. The number of phenolic OH excluding ortho intramolecular Hbond substituents is 1. The van der Waals surface area contributed by atoms with Gasteiger partial charge in [0.2, 0.25) is 0 Å². The molecule has 2 N–H and O–H groups in total. The molecule has 0 aromatic heterocycles. The Morgan fingerprint density at radius 1 is 1.03 bits per heavy atom. The highest BCUT2D eigenvalue weighted by Crippen LogP contribution is 2.34. The molecule has 5 nitrogen and oxygen atoms in total. The lowest BCUT2D eigenvalue weighted by Crippen LogP contribution is -2.33. The van der Waals surface area contributed by atoms with Crippen LogP contribution in [0.2, 0.25) is 0 Å². The largest absolute Gasteiger partial charge is 0.508 e. The summed E-state index contributed by atoms with van der Waals surface area (Å²) < 4.78 is 6.18. The molecule has 34 heavy (non-hydrogen) atoms. The first kappa shape index (κ1) is 27.8. The summed E-state index contributed by atoms with van der Waals surface area (Å²) in [5.41, 5.74) is 1.74. The summed E-state index contributed by atoms with van der Waals surface area (Å²) in [5, 5.41) is 13.2. The van der Waals surface area contributed by atoms with E-state index in [9.17, 15) is 9.90 Å². The van der Waals surface area contributed by atoms with Gasteiger partial charge in [-0.2, -0.15) is 4.84 Å². The van der Waals surface area contributed by atoms with Crippen molar-refractivity contribution >= 4 is 29.1 Å². The van der Waals surface area contributed by atoms with Crippen LogP contribution in [-0.4, -0.2) is 17.1 Å². The Labute approximate surface area is 210 Å². The molecule has 0 aliphatic heterocycles. The normalized spacial score (nSPS) is 12.3. The molecule has 2 rings (SSSR count). The first-order chi connectivity index (χ1) is 16.2. The first-order valence-corrected chi connectivity index (χ1v) is 12.8. The molecular weight excluding hydrogens is 448 g/mol. The fourth-order valence-electron chi connectivity index (χ4n) is 3.92. The number of carbonyl (C=O) groups excluding carboxylic acids is 1. The van der Waals surface area contributed by atoms with Gasteiger partial charge in [0, 0.05) is 23.0 Å². The van der Waals surface area contributed by atoms with Crippen LogP contribution in [0.15, 0.2) is 42.5 Å². The number of aromatic hydroxyl groups is 1. The molecule has 0 aliphatic carbocycles. The number of hydrogen-bond acceptors (Lipinski definition) is 3. The Balaban J connectivity index is 2.06. The van der Waals surface area contributed by atoms with Crippen LogP contribution in [0, 0.1) is 0 Å². The third-order valence-corrected chi connectivity index (χ3v) is 6.07. The number of ether oxygens (including phenoxy) is 1. The van der Waals surface area contributed by atoms with Crippen LogP contribution in [0.25, 0.3) is 0 Å². The van der Waals surface area contributed by atoms with Gasteiger partial charge in [-0.3, -0.25) is 4.79 Å². The number of unbranched alkanes of at least 4 members (excludes halogenated alkanes) is 7. The number of benzene rings is 2. The lowest BCUT2D eigenvalue weighted by molar-refractivity contribution is -0.123. The van der Waals surface area contributed by atoms with Gasteiger partial charge in [0.1, 0.15) is 11.5 Å². The van der Waals surface area contributed by atoms with Crippen molar-refractivity contribution in [2.45, 2.75) is 97.0 Å². The third-order valence-electron chi connectivity index (χ3n) is 5.88. The van der Waals surface area contributed by atoms with E-state index in [0.717, 1.165) is 18.4 Å². The second kappa shape index (κ2) is 14.1. The molecule has 0 saturated heterocycles. The van der Waals surface area contributed by atoms with Crippen LogP contribution >= 0.6 is 11.8 Å². The van der Waals surface area contributed by atoms with E-state index in [2.05, 4.69) is 17.1 Å². The SMILES string of the molecule is CCCCCCCCCCC(Oc1ccc(O)c(C(C)(C)C)c1)C(=O)Nc1cccc([N]Cl)c1. The van der Waals surface area contributed by atoms with Crippen molar-refractivity contribution in [2.24, 2.45) is 0 Å². The number of nitrogens with zero attached hydrogens (tertiary/aromatic N) is 1. The van der Waals surface area contributed by atoms with Crippen molar-refractivity contribution in [3.63, 3.8) is 0 Å². The number of carbonyl (C=O) groups is 1. The smallest absolute Gasteiger partial charge is 0.265 e. The van der Waals surface area contributed by atoms with Crippen molar-refractivity contribution in [3.8, 4) is 11.5 Å². The van der Waals surface area contributed by atoms with Gasteiger partial charge in [0.05, 0.1) is 5.69 Å². The van der Waals surface area contributed by atoms with Crippen molar-refractivity contribution in [3.05, 3.63) is 48.0 Å². The molecule has 2 aromatic carbocycles. The van der Waals surface area contributed by atoms with Crippen LogP contribution in [0.4, 0.5) is 11.4 Å². The van der Waals surface area contributed by atoms with Crippen molar-refractivity contribution in [2.75, 3.05) is 5.32 Å². The summed E-state index contributed by atoms with van der Waals surface area (Å²) in [5.74, 6) is 0.595. The average Bonchev–Trinajstić information content (AvgIpc) is 2.80. The van der Waals surface area contributed by atoms with Gasteiger partial charge in [-0.1, -0.05) is 78.7 Å². The van der Waals surface area contributed by atoms with Gasteiger partial charge in [0.25, 0.3) is 5.91 Å². The molecule has 1 amide bonds. The number of halogens is 1. The maximum absolute atomic E-state index is 13.2. The summed E-state index contributed by atoms with van der Waals surface area (Å²) in [6.07, 6.45) is 9.50. The summed E-state index contributed by atoms with van der Waals surface area (Å²) in [4.78, 5) is 16.8. The standard InChI is InChI=1S/C28H40ClN2O3/c1-5-6-7-8-9-10-11-12-16-26(27(33)30-21-14-13-15-22(19-21)31-29)34-23-17-18-25(32)24(20-23)28(2,3)4/h13-15,17-20,26,32H,5-12,16H2,1-4H3,(H,30,33). The molecule has 2 aromatic rings. The van der Waals surface area contributed by atoms with Crippen LogP contribution in [-0.2, 0) is 10.2 Å². The minimum atomic E-state index is -0.644. The Kier molecular flexibility index (Phi) is 11.5. The molecular formula is C28H40ClN2O3. The van der Waals surface area contributed by atoms with Crippen molar-refractivity contribution < 1.29 is 14.6 Å². The molecule has 187 valence electrons. The fourth-order valence-corrected chi connectivity index (χ4v) is 4.02. The van der Waals surface area contributed by atoms with E-state index in [1.165, 1.54) is 38.5 Å². The Hall–Kier alpha value is -2.40. The number of anilines is 1. The van der Waals surface area contributed by atoms with Gasteiger partial charge in [0.15, 0.2) is 6.10 Å². The summed E-state index contributed by atoms with van der Waals surface area (Å²) in [6.45, 7) is 8.33. The van der Waals surface area contributed by atoms with Gasteiger partial charge >= 0.3 is 0 Å². The lowest BCUT2D eigenvalue weighted by atomic mass is 9.86. The molecule has 0 fully saturated rings. The first-order valence-electron chi connectivity index (χ1n) is 12.5. The molecule has 1 radical (unpaired) electrons. The van der Waals surface area contributed by atoms with E-state index in [0.29, 0.717) is 23.5 Å². The summed E-state index contributed by atoms with van der Waals surface area (Å²) in [6, 6.07) is 12.3. The fraction of sp³-hybridized carbons (Fsp3) is 0.536. The number of hydrogen-bond donors (Lipinski definition) is 2. The Bertz CT molecular complexity index is 895. The lowest BCUT2D eigenvalue weighted by Gasteiger charge is -2.23. The topological polar surface area (TPSA) is 72.7 Å². The van der Waals surface area contributed by atoms with Crippen LogP contribution in [0.5, 0.6) is 11.5 Å². The molecule has 0 aliphatic rings. The van der Waals surface area contributed by atoms with Gasteiger partial charge in [-0.15, -0.1) is 0 Å². The summed E-state index contributed by atoms with van der Waals surface area (Å²) >= 11 is 5.57. The molecule has 6 heteroatoms. The maximum Gasteiger partial charge on any atom is 0.265 e. The van der Waals surface area contributed by atoms with Crippen LogP contribution < -0.4 is 14.9 Å². The minimum Gasteiger partial charge on any atom is -0.508 e. The highest BCUT2D eigenvalue weighted by Gasteiger charge is 2.23. The van der Waals surface area contributed by atoms with Gasteiger partial charge in [-0.05, 0) is 54.7 Å². The number of phenols is 1. The molecule has 0 heterocycles. The highest BCUT2D eigenvalue weighted by molar-refractivity contribution is 6.15. The zero-order valence-corrected chi connectivity index (χ0v) is 21.8. The van der Waals surface area contributed by atoms with E-state index in [-0.39, 0.29) is 17.1 Å². The van der Waals surface area contributed by atoms with E-state index >= 15 is 0 Å². The quantitative estimate of drug-likeness (QED) is 0.265. The van der Waals surface area contributed by atoms with E-state index in [1.807, 2.05) is 26.8 Å². The van der Waals surface area contributed by atoms with E-state index in [1.54, 1.807) is 36.4 Å². The molecule has 1 atom stereocenters. The van der Waals surface area contributed by atoms with E-state index < -0.39 is 6.10 Å². The highest BCUT2D eigenvalue weighted by atomic mass is 35.5. The number of nitrogens with one attached hydrogen (secondary N) is 1. The number of rotatable bonds is 14. The van der Waals surface area contributed by atoms with Crippen LogP contribution in [0.1, 0.15) is 91.0 Å². The summed E-state index contributed by atoms with van der Waals surface area (Å²) in [7, 11) is 0. The molecule has 0 spiro atoms. The third kappa shape index (κ3) is 9.46. The van der Waals surface area contributed by atoms with Crippen molar-refractivity contribution in [1.29, 1.82) is 0 Å². The van der Waals surface area contributed by atoms with Gasteiger partial charge < -0.3 is 15.2 Å². The minimum absolute atomic E-state index is 0.208. The Morgan fingerprint density at radius 3 is 2.35 bits per heavy atom.